The van der Waals surface area contributed by atoms with Crippen molar-refractivity contribution in [3.63, 3.8) is 0 Å². The van der Waals surface area contributed by atoms with Gasteiger partial charge in [-0.05, 0) is 18.5 Å². The minimum Gasteiger partial charge on any atom is -0.467 e. The Hall–Kier alpha value is -1.14. The molecule has 7 heteroatoms. The van der Waals surface area contributed by atoms with Crippen molar-refractivity contribution in [1.29, 1.82) is 0 Å². The van der Waals surface area contributed by atoms with Crippen molar-refractivity contribution in [3.05, 3.63) is 5.28 Å². The van der Waals surface area contributed by atoms with Crippen LogP contribution in [0.4, 0.5) is 5.95 Å². The van der Waals surface area contributed by atoms with Crippen LogP contribution in [0.2, 0.25) is 5.28 Å². The molecule has 0 unspecified atom stereocenters. The van der Waals surface area contributed by atoms with Crippen molar-refractivity contribution in [2.75, 3.05) is 31.6 Å². The summed E-state index contributed by atoms with van der Waals surface area (Å²) in [5, 5.41) is 0.118. The molecule has 0 aromatic carbocycles. The molecule has 0 amide bonds. The highest BCUT2D eigenvalue weighted by Gasteiger charge is 2.10. The number of ether oxygens (including phenoxy) is 1. The second kappa shape index (κ2) is 5.67. The van der Waals surface area contributed by atoms with Gasteiger partial charge in [0, 0.05) is 19.6 Å². The molecule has 6 nitrogen and oxygen atoms in total. The van der Waals surface area contributed by atoms with Gasteiger partial charge in [0.2, 0.25) is 11.2 Å². The Labute approximate surface area is 93.4 Å². The Morgan fingerprint density at radius 1 is 1.40 bits per heavy atom. The number of aromatic nitrogens is 3. The number of anilines is 1. The molecule has 0 aliphatic carbocycles. The number of rotatable bonds is 5. The Bertz CT molecular complexity index is 322. The standard InChI is InChI=1S/C8H14ClN5O/c1-3-14(5-4-10)7-11-6(9)12-8(13-7)15-2/h3-5,10H2,1-2H3. The Kier molecular flexibility index (Phi) is 4.51. The maximum Gasteiger partial charge on any atom is 0.322 e. The summed E-state index contributed by atoms with van der Waals surface area (Å²) in [5.41, 5.74) is 5.47. The minimum atomic E-state index is 0.118. The van der Waals surface area contributed by atoms with E-state index < -0.39 is 0 Å². The lowest BCUT2D eigenvalue weighted by atomic mass is 10.5. The van der Waals surface area contributed by atoms with Gasteiger partial charge in [0.15, 0.2) is 0 Å². The van der Waals surface area contributed by atoms with Gasteiger partial charge in [-0.1, -0.05) is 0 Å². The van der Waals surface area contributed by atoms with E-state index in [4.69, 9.17) is 22.1 Å². The third-order valence-corrected chi connectivity index (χ3v) is 1.99. The normalized spacial score (nSPS) is 10.1. The third kappa shape index (κ3) is 3.17. The van der Waals surface area contributed by atoms with E-state index in [1.807, 2.05) is 11.8 Å². The zero-order chi connectivity index (χ0) is 11.3. The monoisotopic (exact) mass is 231 g/mol. The summed E-state index contributed by atoms with van der Waals surface area (Å²) in [5.74, 6) is 0.486. The van der Waals surface area contributed by atoms with Crippen molar-refractivity contribution in [1.82, 2.24) is 15.0 Å². The van der Waals surface area contributed by atoms with Gasteiger partial charge in [0.05, 0.1) is 7.11 Å². The van der Waals surface area contributed by atoms with Crippen LogP contribution < -0.4 is 15.4 Å². The molecule has 1 aromatic heterocycles. The zero-order valence-corrected chi connectivity index (χ0v) is 9.53. The molecule has 0 aliphatic heterocycles. The van der Waals surface area contributed by atoms with E-state index in [0.717, 1.165) is 6.54 Å². The zero-order valence-electron chi connectivity index (χ0n) is 8.77. The molecular weight excluding hydrogens is 218 g/mol. The van der Waals surface area contributed by atoms with Crippen LogP contribution in [0.25, 0.3) is 0 Å². The Morgan fingerprint density at radius 2 is 2.13 bits per heavy atom. The highest BCUT2D eigenvalue weighted by molar-refractivity contribution is 6.28. The fourth-order valence-corrected chi connectivity index (χ4v) is 1.26. The highest BCUT2D eigenvalue weighted by Crippen LogP contribution is 2.14. The molecule has 0 fully saturated rings. The number of methoxy groups -OCH3 is 1. The molecule has 0 atom stereocenters. The minimum absolute atomic E-state index is 0.118. The molecule has 0 bridgehead atoms. The second-order valence-electron chi connectivity index (χ2n) is 2.76. The largest absolute Gasteiger partial charge is 0.467 e. The maximum atomic E-state index is 5.73. The summed E-state index contributed by atoms with van der Waals surface area (Å²) in [6.45, 7) is 3.93. The molecule has 1 aromatic rings. The molecule has 2 N–H and O–H groups in total. The van der Waals surface area contributed by atoms with Gasteiger partial charge in [-0.25, -0.2) is 0 Å². The number of halogens is 1. The topological polar surface area (TPSA) is 77.2 Å². The smallest absolute Gasteiger partial charge is 0.322 e. The summed E-state index contributed by atoms with van der Waals surface area (Å²) in [6.07, 6.45) is 0. The quantitative estimate of drug-likeness (QED) is 0.787. The fraction of sp³-hybridized carbons (Fsp3) is 0.625. The van der Waals surface area contributed by atoms with Crippen molar-refractivity contribution in [3.8, 4) is 6.01 Å². The van der Waals surface area contributed by atoms with Crippen LogP contribution in [-0.2, 0) is 0 Å². The summed E-state index contributed by atoms with van der Waals surface area (Å²) in [4.78, 5) is 13.8. The summed E-state index contributed by atoms with van der Waals surface area (Å²) < 4.78 is 4.90. The van der Waals surface area contributed by atoms with Gasteiger partial charge < -0.3 is 15.4 Å². The van der Waals surface area contributed by atoms with Crippen molar-refractivity contribution in [2.24, 2.45) is 5.73 Å². The summed E-state index contributed by atoms with van der Waals surface area (Å²) >= 11 is 5.73. The van der Waals surface area contributed by atoms with Gasteiger partial charge in [-0.3, -0.25) is 0 Å². The van der Waals surface area contributed by atoms with Crippen LogP contribution in [0.15, 0.2) is 0 Å². The Balaban J connectivity index is 2.95. The lowest BCUT2D eigenvalue weighted by Crippen LogP contribution is -2.30. The average Bonchev–Trinajstić information content (AvgIpc) is 2.24. The van der Waals surface area contributed by atoms with E-state index in [2.05, 4.69) is 15.0 Å². The third-order valence-electron chi connectivity index (χ3n) is 1.82. The number of nitrogens with zero attached hydrogens (tertiary/aromatic N) is 4. The van der Waals surface area contributed by atoms with E-state index in [9.17, 15) is 0 Å². The first-order chi connectivity index (χ1) is 7.21. The van der Waals surface area contributed by atoms with E-state index in [1.165, 1.54) is 7.11 Å². The lowest BCUT2D eigenvalue weighted by molar-refractivity contribution is 0.378. The van der Waals surface area contributed by atoms with Crippen LogP contribution in [-0.4, -0.2) is 41.7 Å². The average molecular weight is 232 g/mol. The number of hydrogen-bond donors (Lipinski definition) is 1. The van der Waals surface area contributed by atoms with E-state index in [-0.39, 0.29) is 11.3 Å². The van der Waals surface area contributed by atoms with Crippen LogP contribution in [0.1, 0.15) is 6.92 Å². The molecule has 0 saturated carbocycles. The molecule has 1 heterocycles. The van der Waals surface area contributed by atoms with Crippen LogP contribution in [0, 0.1) is 0 Å². The molecule has 0 spiro atoms. The number of nitrogens with two attached hydrogens (primary N) is 1. The molecule has 15 heavy (non-hydrogen) atoms. The van der Waals surface area contributed by atoms with E-state index in [1.54, 1.807) is 0 Å². The SMILES string of the molecule is CCN(CCN)c1nc(Cl)nc(OC)n1. The number of likely N-dealkylation sites (N-methyl/N-ethyl adjacent to an activating group) is 1. The van der Waals surface area contributed by atoms with Crippen LogP contribution in [0.3, 0.4) is 0 Å². The van der Waals surface area contributed by atoms with Gasteiger partial charge in [0.1, 0.15) is 0 Å². The first-order valence-electron chi connectivity index (χ1n) is 4.61. The molecule has 84 valence electrons. The van der Waals surface area contributed by atoms with Gasteiger partial charge in [-0.2, -0.15) is 15.0 Å². The first kappa shape index (κ1) is 11.9. The fourth-order valence-electron chi connectivity index (χ4n) is 1.11. The van der Waals surface area contributed by atoms with Gasteiger partial charge in [-0.15, -0.1) is 0 Å². The predicted octanol–water partition coefficient (Wildman–Crippen LogP) is 0.319. The van der Waals surface area contributed by atoms with Crippen LogP contribution >= 0.6 is 11.6 Å². The van der Waals surface area contributed by atoms with Crippen LogP contribution in [0.5, 0.6) is 6.01 Å². The van der Waals surface area contributed by atoms with Crippen molar-refractivity contribution < 1.29 is 4.74 Å². The summed E-state index contributed by atoms with van der Waals surface area (Å²) in [6, 6.07) is 0.209. The highest BCUT2D eigenvalue weighted by atomic mass is 35.5. The van der Waals surface area contributed by atoms with Crippen molar-refractivity contribution >= 4 is 17.5 Å². The molecular formula is C8H14ClN5O. The molecule has 1 rings (SSSR count). The van der Waals surface area contributed by atoms with E-state index in [0.29, 0.717) is 19.0 Å². The number of hydrogen-bond acceptors (Lipinski definition) is 6. The van der Waals surface area contributed by atoms with E-state index >= 15 is 0 Å². The van der Waals surface area contributed by atoms with Gasteiger partial charge in [0.25, 0.3) is 0 Å². The molecule has 0 aliphatic rings. The van der Waals surface area contributed by atoms with Crippen molar-refractivity contribution in [2.45, 2.75) is 6.92 Å². The Morgan fingerprint density at radius 3 is 2.67 bits per heavy atom. The van der Waals surface area contributed by atoms with Gasteiger partial charge >= 0.3 is 6.01 Å². The molecule has 0 saturated heterocycles. The first-order valence-corrected chi connectivity index (χ1v) is 4.99. The summed E-state index contributed by atoms with van der Waals surface area (Å²) in [7, 11) is 1.48. The molecule has 0 radical (unpaired) electrons. The second-order valence-corrected chi connectivity index (χ2v) is 3.10. The lowest BCUT2D eigenvalue weighted by Gasteiger charge is -2.19. The predicted molar refractivity (Wildman–Crippen MR) is 58.3 cm³/mol. The maximum absolute atomic E-state index is 5.73.